The van der Waals surface area contributed by atoms with Crippen molar-refractivity contribution in [2.75, 3.05) is 11.9 Å². The molecule has 0 bridgehead atoms. The molecule has 8 heteroatoms. The maximum Gasteiger partial charge on any atom is 0.226 e. The summed E-state index contributed by atoms with van der Waals surface area (Å²) in [6, 6.07) is 0. The van der Waals surface area contributed by atoms with E-state index < -0.39 is 0 Å². The zero-order valence-corrected chi connectivity index (χ0v) is 11.0. The topological polar surface area (TPSA) is 70.6 Å². The van der Waals surface area contributed by atoms with Gasteiger partial charge in [-0.1, -0.05) is 0 Å². The number of rotatable bonds is 3. The Bertz CT molecular complexity index is 664. The second-order valence-corrected chi connectivity index (χ2v) is 4.84. The first-order valence-electron chi connectivity index (χ1n) is 5.19. The Labute approximate surface area is 112 Å². The Morgan fingerprint density at radius 2 is 2.33 bits per heavy atom. The van der Waals surface area contributed by atoms with Gasteiger partial charge in [-0.25, -0.2) is 4.98 Å². The zero-order valence-electron chi connectivity index (χ0n) is 9.46. The molecule has 3 aromatic heterocycles. The number of nitrogens with zero attached hydrogens (tertiary/aromatic N) is 5. The van der Waals surface area contributed by atoms with Crippen molar-refractivity contribution in [3.8, 4) is 0 Å². The molecule has 0 aromatic carbocycles. The predicted octanol–water partition coefficient (Wildman–Crippen LogP) is 2.10. The van der Waals surface area contributed by atoms with Gasteiger partial charge >= 0.3 is 0 Å². The van der Waals surface area contributed by atoms with Crippen LogP contribution < -0.4 is 4.90 Å². The standard InChI is InChI=1S/C10H9ClN6S/c1-17(3-6-4-18-5-12-6)9-7-2-13-16-8(7)14-10(11)15-9/h2,4-5H,3H2,1H3,(H,13,14,15,16). The lowest BCUT2D eigenvalue weighted by Crippen LogP contribution is -2.18. The third kappa shape index (κ3) is 2.02. The van der Waals surface area contributed by atoms with E-state index in [1.165, 1.54) is 0 Å². The van der Waals surface area contributed by atoms with E-state index in [-0.39, 0.29) is 5.28 Å². The van der Waals surface area contributed by atoms with Crippen molar-refractivity contribution in [2.45, 2.75) is 6.54 Å². The zero-order chi connectivity index (χ0) is 12.5. The largest absolute Gasteiger partial charge is 0.353 e. The van der Waals surface area contributed by atoms with Gasteiger partial charge in [-0.2, -0.15) is 15.1 Å². The molecule has 18 heavy (non-hydrogen) atoms. The molecule has 0 saturated carbocycles. The molecule has 0 aliphatic heterocycles. The summed E-state index contributed by atoms with van der Waals surface area (Å²) in [5.74, 6) is 0.742. The van der Waals surface area contributed by atoms with Crippen molar-refractivity contribution in [3.05, 3.63) is 28.1 Å². The van der Waals surface area contributed by atoms with Crippen LogP contribution in [0.2, 0.25) is 5.28 Å². The maximum atomic E-state index is 5.90. The normalized spacial score (nSPS) is 11.0. The number of halogens is 1. The van der Waals surface area contributed by atoms with Crippen molar-refractivity contribution in [1.29, 1.82) is 0 Å². The van der Waals surface area contributed by atoms with Crippen LogP contribution in [0.4, 0.5) is 5.82 Å². The molecule has 0 saturated heterocycles. The van der Waals surface area contributed by atoms with Gasteiger partial charge in [-0.05, 0) is 11.6 Å². The molecular weight excluding hydrogens is 272 g/mol. The SMILES string of the molecule is CN(Cc1cscn1)c1nc(Cl)nc2[nH]ncc12. The van der Waals surface area contributed by atoms with E-state index in [4.69, 9.17) is 11.6 Å². The van der Waals surface area contributed by atoms with Gasteiger partial charge < -0.3 is 4.90 Å². The van der Waals surface area contributed by atoms with E-state index in [0.29, 0.717) is 12.2 Å². The Hall–Kier alpha value is -1.73. The fraction of sp³-hybridized carbons (Fsp3) is 0.200. The Morgan fingerprint density at radius 3 is 3.11 bits per heavy atom. The number of aromatic nitrogens is 5. The molecule has 0 aliphatic rings. The number of hydrogen-bond acceptors (Lipinski definition) is 6. The first-order chi connectivity index (χ1) is 8.74. The van der Waals surface area contributed by atoms with Gasteiger partial charge in [-0.3, -0.25) is 5.10 Å². The van der Waals surface area contributed by atoms with Gasteiger partial charge in [0.05, 0.1) is 29.3 Å². The molecule has 0 unspecified atom stereocenters. The van der Waals surface area contributed by atoms with Crippen LogP contribution in [0, 0.1) is 0 Å². The van der Waals surface area contributed by atoms with Crippen LogP contribution in [0.5, 0.6) is 0 Å². The van der Waals surface area contributed by atoms with Crippen molar-refractivity contribution < 1.29 is 0 Å². The molecule has 0 aliphatic carbocycles. The quantitative estimate of drug-likeness (QED) is 0.744. The van der Waals surface area contributed by atoms with Gasteiger partial charge in [0.15, 0.2) is 5.65 Å². The Morgan fingerprint density at radius 1 is 1.44 bits per heavy atom. The molecule has 0 spiro atoms. The molecule has 0 radical (unpaired) electrons. The molecule has 1 N–H and O–H groups in total. The van der Waals surface area contributed by atoms with E-state index >= 15 is 0 Å². The monoisotopic (exact) mass is 280 g/mol. The summed E-state index contributed by atoms with van der Waals surface area (Å²) in [6.45, 7) is 0.664. The van der Waals surface area contributed by atoms with Gasteiger partial charge in [-0.15, -0.1) is 11.3 Å². The van der Waals surface area contributed by atoms with Crippen LogP contribution in [-0.2, 0) is 6.54 Å². The Kier molecular flexibility index (Phi) is 2.85. The Balaban J connectivity index is 2.00. The van der Waals surface area contributed by atoms with Gasteiger partial charge in [0.25, 0.3) is 0 Å². The third-order valence-corrected chi connectivity index (χ3v) is 3.31. The average molecular weight is 281 g/mol. The van der Waals surface area contributed by atoms with Crippen LogP contribution in [-0.4, -0.2) is 32.2 Å². The van der Waals surface area contributed by atoms with Crippen molar-refractivity contribution in [2.24, 2.45) is 0 Å². The van der Waals surface area contributed by atoms with E-state index in [9.17, 15) is 0 Å². The van der Waals surface area contributed by atoms with Crippen LogP contribution >= 0.6 is 22.9 Å². The number of anilines is 1. The van der Waals surface area contributed by atoms with Gasteiger partial charge in [0.1, 0.15) is 5.82 Å². The molecule has 3 aromatic rings. The molecule has 3 heterocycles. The first-order valence-corrected chi connectivity index (χ1v) is 6.51. The highest BCUT2D eigenvalue weighted by molar-refractivity contribution is 7.07. The fourth-order valence-corrected chi connectivity index (χ4v) is 2.43. The lowest BCUT2D eigenvalue weighted by Gasteiger charge is -2.17. The molecule has 0 amide bonds. The number of hydrogen-bond donors (Lipinski definition) is 1. The minimum absolute atomic E-state index is 0.201. The molecule has 92 valence electrons. The number of aromatic amines is 1. The summed E-state index contributed by atoms with van der Waals surface area (Å²) in [5.41, 5.74) is 3.44. The van der Waals surface area contributed by atoms with E-state index in [0.717, 1.165) is 16.9 Å². The third-order valence-electron chi connectivity index (χ3n) is 2.51. The highest BCUT2D eigenvalue weighted by Gasteiger charge is 2.13. The van der Waals surface area contributed by atoms with E-state index in [1.54, 1.807) is 17.5 Å². The highest BCUT2D eigenvalue weighted by Crippen LogP contribution is 2.24. The number of nitrogens with one attached hydrogen (secondary N) is 1. The second kappa shape index (κ2) is 4.51. The lowest BCUT2D eigenvalue weighted by molar-refractivity contribution is 0.876. The summed E-state index contributed by atoms with van der Waals surface area (Å²) in [4.78, 5) is 14.5. The smallest absolute Gasteiger partial charge is 0.226 e. The lowest BCUT2D eigenvalue weighted by atomic mass is 10.3. The van der Waals surface area contributed by atoms with Crippen molar-refractivity contribution in [1.82, 2.24) is 25.1 Å². The summed E-state index contributed by atoms with van der Waals surface area (Å²) < 4.78 is 0. The van der Waals surface area contributed by atoms with Crippen molar-refractivity contribution in [3.63, 3.8) is 0 Å². The summed E-state index contributed by atoms with van der Waals surface area (Å²) >= 11 is 7.47. The predicted molar refractivity (Wildman–Crippen MR) is 70.9 cm³/mol. The molecule has 0 fully saturated rings. The highest BCUT2D eigenvalue weighted by atomic mass is 35.5. The van der Waals surface area contributed by atoms with Crippen molar-refractivity contribution >= 4 is 39.8 Å². The summed E-state index contributed by atoms with van der Waals surface area (Å²) in [7, 11) is 1.93. The molecule has 3 rings (SSSR count). The van der Waals surface area contributed by atoms with Gasteiger partial charge in [0, 0.05) is 12.4 Å². The number of H-pyrrole nitrogens is 1. The summed E-state index contributed by atoms with van der Waals surface area (Å²) in [6.07, 6.45) is 1.69. The van der Waals surface area contributed by atoms with E-state index in [2.05, 4.69) is 25.1 Å². The molecule has 6 nitrogen and oxygen atoms in total. The van der Waals surface area contributed by atoms with Crippen LogP contribution in [0.15, 0.2) is 17.1 Å². The van der Waals surface area contributed by atoms with Crippen LogP contribution in [0.3, 0.4) is 0 Å². The number of fused-ring (bicyclic) bond motifs is 1. The molecular formula is C10H9ClN6S. The van der Waals surface area contributed by atoms with Crippen LogP contribution in [0.25, 0.3) is 11.0 Å². The average Bonchev–Trinajstić information content (AvgIpc) is 2.97. The minimum atomic E-state index is 0.201. The van der Waals surface area contributed by atoms with Crippen LogP contribution in [0.1, 0.15) is 5.69 Å². The van der Waals surface area contributed by atoms with E-state index in [1.807, 2.05) is 22.8 Å². The minimum Gasteiger partial charge on any atom is -0.353 e. The maximum absolute atomic E-state index is 5.90. The first kappa shape index (κ1) is 11.4. The molecule has 0 atom stereocenters. The van der Waals surface area contributed by atoms with Gasteiger partial charge in [0.2, 0.25) is 5.28 Å². The second-order valence-electron chi connectivity index (χ2n) is 3.78. The number of thiazole rings is 1. The fourth-order valence-electron chi connectivity index (χ4n) is 1.72. The summed E-state index contributed by atoms with van der Waals surface area (Å²) in [5, 5.41) is 9.80.